The lowest BCUT2D eigenvalue weighted by Gasteiger charge is -2.08. The zero-order chi connectivity index (χ0) is 19.2. The summed E-state index contributed by atoms with van der Waals surface area (Å²) in [6, 6.07) is 22.4. The molecule has 0 aliphatic rings. The Morgan fingerprint density at radius 2 is 1.52 bits per heavy atom. The smallest absolute Gasteiger partial charge is 0.255 e. The van der Waals surface area contributed by atoms with Crippen LogP contribution in [0.3, 0.4) is 0 Å². The lowest BCUT2D eigenvalue weighted by molar-refractivity contribution is 0.101. The van der Waals surface area contributed by atoms with Crippen molar-refractivity contribution < 1.29 is 9.59 Å². The monoisotopic (exact) mass is 376 g/mol. The zero-order valence-corrected chi connectivity index (χ0v) is 16.0. The molecule has 0 saturated carbocycles. The van der Waals surface area contributed by atoms with E-state index >= 15 is 0 Å². The Morgan fingerprint density at radius 3 is 2.19 bits per heavy atom. The Kier molecular flexibility index (Phi) is 5.94. The maximum atomic E-state index is 12.4. The van der Waals surface area contributed by atoms with E-state index in [1.165, 1.54) is 24.4 Å². The summed E-state index contributed by atoms with van der Waals surface area (Å²) in [6.07, 6.45) is 0. The second-order valence-electron chi connectivity index (χ2n) is 6.19. The van der Waals surface area contributed by atoms with E-state index in [0.717, 1.165) is 10.6 Å². The van der Waals surface area contributed by atoms with Crippen molar-refractivity contribution in [2.24, 2.45) is 0 Å². The lowest BCUT2D eigenvalue weighted by atomic mass is 10.1. The number of anilines is 2. The number of carbonyl (C=O) groups is 2. The number of carbonyl (C=O) groups excluding carboxylic acids is 2. The van der Waals surface area contributed by atoms with Gasteiger partial charge in [0.05, 0.1) is 0 Å². The maximum absolute atomic E-state index is 12.4. The van der Waals surface area contributed by atoms with E-state index in [-0.39, 0.29) is 11.7 Å². The second-order valence-corrected chi connectivity index (χ2v) is 7.07. The summed E-state index contributed by atoms with van der Waals surface area (Å²) in [5, 5.41) is 2.82. The number of nitrogens with one attached hydrogen (secondary N) is 2. The summed E-state index contributed by atoms with van der Waals surface area (Å²) < 4.78 is 3.28. The summed E-state index contributed by atoms with van der Waals surface area (Å²) in [7, 11) is 0. The number of aryl methyl sites for hydroxylation is 1. The van der Waals surface area contributed by atoms with Crippen molar-refractivity contribution in [3.8, 4) is 0 Å². The van der Waals surface area contributed by atoms with Gasteiger partial charge in [0.1, 0.15) is 0 Å². The quantitative estimate of drug-likeness (QED) is 0.436. The molecule has 0 aromatic heterocycles. The van der Waals surface area contributed by atoms with E-state index in [2.05, 4.69) is 29.1 Å². The van der Waals surface area contributed by atoms with Gasteiger partial charge < -0.3 is 10.0 Å². The highest BCUT2D eigenvalue weighted by Crippen LogP contribution is 2.22. The molecule has 3 rings (SSSR count). The fraction of sp³-hybridized carbons (Fsp3) is 0.0909. The number of hydrogen-bond acceptors (Lipinski definition) is 4. The predicted octanol–water partition coefficient (Wildman–Crippen LogP) is 5.57. The molecule has 2 N–H and O–H groups in total. The number of ketones is 1. The molecular formula is C22H20N2O2S. The van der Waals surface area contributed by atoms with E-state index in [9.17, 15) is 9.59 Å². The second kappa shape index (κ2) is 8.56. The highest BCUT2D eigenvalue weighted by Gasteiger charge is 2.08. The minimum absolute atomic E-state index is 0.0337. The van der Waals surface area contributed by atoms with Crippen LogP contribution in [-0.4, -0.2) is 11.7 Å². The molecule has 0 spiro atoms. The number of Topliss-reactive ketones (excluding diaryl/α,β-unsaturated/α-hetero) is 1. The van der Waals surface area contributed by atoms with E-state index in [1.807, 2.05) is 24.3 Å². The Hall–Kier alpha value is -3.05. The van der Waals surface area contributed by atoms with Gasteiger partial charge in [0, 0.05) is 27.4 Å². The molecule has 0 atom stereocenters. The van der Waals surface area contributed by atoms with Crippen molar-refractivity contribution in [3.63, 3.8) is 0 Å². The number of hydrogen-bond donors (Lipinski definition) is 2. The van der Waals surface area contributed by atoms with Crippen molar-refractivity contribution in [1.82, 2.24) is 0 Å². The number of benzene rings is 3. The van der Waals surface area contributed by atoms with Gasteiger partial charge in [-0.2, -0.15) is 0 Å². The molecule has 0 bridgehead atoms. The third kappa shape index (κ3) is 5.21. The van der Waals surface area contributed by atoms with Gasteiger partial charge in [0.25, 0.3) is 5.91 Å². The maximum Gasteiger partial charge on any atom is 0.255 e. The molecule has 0 aliphatic heterocycles. The molecular weight excluding hydrogens is 356 g/mol. The molecule has 27 heavy (non-hydrogen) atoms. The van der Waals surface area contributed by atoms with Crippen LogP contribution in [0.15, 0.2) is 77.7 Å². The topological polar surface area (TPSA) is 58.2 Å². The highest BCUT2D eigenvalue weighted by molar-refractivity contribution is 8.00. The van der Waals surface area contributed by atoms with Crippen LogP contribution in [-0.2, 0) is 0 Å². The third-order valence-electron chi connectivity index (χ3n) is 3.98. The largest absolute Gasteiger partial charge is 0.326 e. The summed E-state index contributed by atoms with van der Waals surface area (Å²) in [6.45, 7) is 3.55. The van der Waals surface area contributed by atoms with E-state index in [4.69, 9.17) is 0 Å². The van der Waals surface area contributed by atoms with Crippen LogP contribution in [0.25, 0.3) is 0 Å². The third-order valence-corrected chi connectivity index (χ3v) is 4.83. The molecule has 0 heterocycles. The van der Waals surface area contributed by atoms with Crippen LogP contribution >= 0.6 is 11.9 Å². The Morgan fingerprint density at radius 1 is 0.815 bits per heavy atom. The first-order valence-electron chi connectivity index (χ1n) is 8.53. The molecule has 3 aromatic carbocycles. The average Bonchev–Trinajstić information content (AvgIpc) is 2.68. The zero-order valence-electron chi connectivity index (χ0n) is 15.2. The molecule has 3 aromatic rings. The molecule has 0 unspecified atom stereocenters. The van der Waals surface area contributed by atoms with Gasteiger partial charge in [0.15, 0.2) is 5.78 Å². The highest BCUT2D eigenvalue weighted by atomic mass is 32.2. The van der Waals surface area contributed by atoms with Crippen molar-refractivity contribution in [3.05, 3.63) is 89.5 Å². The van der Waals surface area contributed by atoms with Crippen molar-refractivity contribution >= 4 is 35.0 Å². The van der Waals surface area contributed by atoms with Crippen molar-refractivity contribution in [2.75, 3.05) is 10.0 Å². The molecule has 4 nitrogen and oxygen atoms in total. The standard InChI is InChI=1S/C22H20N2O2S/c1-15-6-10-19(11-7-15)24-27-21-12-8-17(9-13-21)22(26)23-20-5-3-4-18(14-20)16(2)25/h3-14,24H,1-2H3,(H,23,26). The molecule has 0 saturated heterocycles. The first kappa shape index (κ1) is 18.7. The minimum Gasteiger partial charge on any atom is -0.326 e. The molecule has 5 heteroatoms. The first-order valence-corrected chi connectivity index (χ1v) is 9.35. The van der Waals surface area contributed by atoms with Crippen LogP contribution in [0, 0.1) is 6.92 Å². The van der Waals surface area contributed by atoms with Gasteiger partial charge in [-0.1, -0.05) is 29.8 Å². The molecule has 0 radical (unpaired) electrons. The van der Waals surface area contributed by atoms with Gasteiger partial charge in [-0.15, -0.1) is 0 Å². The van der Waals surface area contributed by atoms with E-state index in [0.29, 0.717) is 16.8 Å². The Bertz CT molecular complexity index is 951. The lowest BCUT2D eigenvalue weighted by Crippen LogP contribution is -2.12. The summed E-state index contributed by atoms with van der Waals surface area (Å²) in [5.41, 5.74) is 3.98. The van der Waals surface area contributed by atoms with Crippen LogP contribution in [0.1, 0.15) is 33.2 Å². The summed E-state index contributed by atoms with van der Waals surface area (Å²) in [4.78, 5) is 24.9. The minimum atomic E-state index is -0.209. The van der Waals surface area contributed by atoms with Crippen molar-refractivity contribution in [2.45, 2.75) is 18.7 Å². The van der Waals surface area contributed by atoms with Gasteiger partial charge in [-0.05, 0) is 74.3 Å². The normalized spacial score (nSPS) is 10.3. The van der Waals surface area contributed by atoms with Crippen molar-refractivity contribution in [1.29, 1.82) is 0 Å². The SMILES string of the molecule is CC(=O)c1cccc(NC(=O)c2ccc(SNc3ccc(C)cc3)cc2)c1. The van der Waals surface area contributed by atoms with Gasteiger partial charge in [-0.3, -0.25) is 9.59 Å². The van der Waals surface area contributed by atoms with Gasteiger partial charge >= 0.3 is 0 Å². The van der Waals surface area contributed by atoms with Crippen LogP contribution in [0.5, 0.6) is 0 Å². The molecule has 136 valence electrons. The van der Waals surface area contributed by atoms with Crippen LogP contribution < -0.4 is 10.0 Å². The average molecular weight is 376 g/mol. The van der Waals surface area contributed by atoms with Gasteiger partial charge in [-0.25, -0.2) is 0 Å². The van der Waals surface area contributed by atoms with Gasteiger partial charge in [0.2, 0.25) is 0 Å². The molecule has 0 aliphatic carbocycles. The first-order chi connectivity index (χ1) is 13.0. The number of rotatable bonds is 6. The van der Waals surface area contributed by atoms with Crippen LogP contribution in [0.4, 0.5) is 11.4 Å². The summed E-state index contributed by atoms with van der Waals surface area (Å²) >= 11 is 1.49. The Labute approximate surface area is 163 Å². The Balaban J connectivity index is 1.60. The predicted molar refractivity (Wildman–Crippen MR) is 112 cm³/mol. The molecule has 0 fully saturated rings. The fourth-order valence-corrected chi connectivity index (χ4v) is 3.08. The number of amides is 1. The molecule has 1 amide bonds. The van der Waals surface area contributed by atoms with E-state index in [1.54, 1.807) is 36.4 Å². The van der Waals surface area contributed by atoms with Crippen LogP contribution in [0.2, 0.25) is 0 Å². The fourth-order valence-electron chi connectivity index (χ4n) is 2.43. The summed E-state index contributed by atoms with van der Waals surface area (Å²) in [5.74, 6) is -0.243. The van der Waals surface area contributed by atoms with E-state index < -0.39 is 0 Å².